The van der Waals surface area contributed by atoms with Crippen LogP contribution in [0, 0.1) is 0 Å². The molecule has 2 atom stereocenters. The lowest BCUT2D eigenvalue weighted by Crippen LogP contribution is -2.55. The summed E-state index contributed by atoms with van der Waals surface area (Å²) in [6.45, 7) is 8.87. The van der Waals surface area contributed by atoms with E-state index in [0.717, 1.165) is 66.7 Å². The minimum absolute atomic E-state index is 0.0188. The molecule has 0 spiro atoms. The Hall–Kier alpha value is -4.51. The van der Waals surface area contributed by atoms with Crippen molar-refractivity contribution in [1.82, 2.24) is 20.2 Å². The number of amides is 1. The average molecular weight is 697 g/mol. The molecule has 2 aliphatic heterocycles. The summed E-state index contributed by atoms with van der Waals surface area (Å²) in [5.74, 6) is 1.48. The Morgan fingerprint density at radius 3 is 1.78 bits per heavy atom. The summed E-state index contributed by atoms with van der Waals surface area (Å²) in [6.07, 6.45) is 12.1. The van der Waals surface area contributed by atoms with E-state index >= 15 is 0 Å². The average Bonchev–Trinajstić information content (AvgIpc) is 3.09. The molecule has 0 aliphatic carbocycles. The third-order valence-electron chi connectivity index (χ3n) is 8.88. The van der Waals surface area contributed by atoms with Gasteiger partial charge in [-0.2, -0.15) is 0 Å². The van der Waals surface area contributed by atoms with Crippen LogP contribution in [0.5, 0.6) is 11.5 Å². The highest BCUT2D eigenvalue weighted by Gasteiger charge is 2.35. The van der Waals surface area contributed by atoms with Gasteiger partial charge in [0.2, 0.25) is 0 Å². The van der Waals surface area contributed by atoms with Crippen molar-refractivity contribution in [3.63, 3.8) is 0 Å². The number of carbonyl (C=O) groups excluding carboxylic acids is 1. The monoisotopic (exact) mass is 696 g/mol. The van der Waals surface area contributed by atoms with E-state index in [1.807, 2.05) is 69.6 Å². The predicted octanol–water partition coefficient (Wildman–Crippen LogP) is 6.48. The molecule has 272 valence electrons. The van der Waals surface area contributed by atoms with Gasteiger partial charge in [-0.05, 0) is 100 Å². The van der Waals surface area contributed by atoms with Crippen LogP contribution in [0.4, 0.5) is 4.79 Å². The van der Waals surface area contributed by atoms with Crippen LogP contribution in [-0.4, -0.2) is 88.4 Å². The molecule has 2 fully saturated rings. The topological polar surface area (TPSA) is 126 Å². The lowest BCUT2D eigenvalue weighted by atomic mass is 9.98. The number of pyridine rings is 2. The van der Waals surface area contributed by atoms with Crippen LogP contribution in [-0.2, 0) is 17.6 Å². The Kier molecular flexibility index (Phi) is 13.8. The molecule has 0 unspecified atom stereocenters. The number of aliphatic hydroxyl groups is 2. The van der Waals surface area contributed by atoms with E-state index in [2.05, 4.69) is 39.6 Å². The molecule has 0 bridgehead atoms. The van der Waals surface area contributed by atoms with Crippen molar-refractivity contribution in [2.75, 3.05) is 39.5 Å². The molecule has 2 aromatic heterocycles. The lowest BCUT2D eigenvalue weighted by Gasteiger charge is -2.40. The molecule has 0 saturated carbocycles. The van der Waals surface area contributed by atoms with Gasteiger partial charge in [-0.15, -0.1) is 0 Å². The fourth-order valence-electron chi connectivity index (χ4n) is 5.92. The fourth-order valence-corrected chi connectivity index (χ4v) is 5.92. The van der Waals surface area contributed by atoms with E-state index in [9.17, 15) is 4.79 Å². The Morgan fingerprint density at radius 1 is 0.804 bits per heavy atom. The van der Waals surface area contributed by atoms with Gasteiger partial charge in [-0.3, -0.25) is 9.97 Å². The van der Waals surface area contributed by atoms with E-state index in [4.69, 9.17) is 24.4 Å². The van der Waals surface area contributed by atoms with Crippen LogP contribution in [0.1, 0.15) is 57.6 Å². The first-order valence-electron chi connectivity index (χ1n) is 18.0. The van der Waals surface area contributed by atoms with Crippen molar-refractivity contribution in [1.29, 1.82) is 0 Å². The molecular formula is C41H52N4O6. The standard InChI is InChI=1S/C23H30N2O4.C18H22N2O2/c1-23(2,3)29-22(27)25-11-10-19(25)16-28-20-13-18(14-24-15-20)21-9-5-4-7-17(21)8-6-12-26;21-9-3-5-14-4-1-2-6-18(14)15-10-17(12-19-11-15)22-13-16-7-8-20-16/h4-5,7,9,13-15,19,26H,6,8,10-12,16H2,1-3H3;1-2,4,6,10-12,16,20-21H,3,5,7-9,13H2/t19-;16-/m00/s1. The Balaban J connectivity index is 0.000000205. The van der Waals surface area contributed by atoms with Crippen molar-refractivity contribution >= 4 is 6.09 Å². The number of hydrogen-bond acceptors (Lipinski definition) is 9. The van der Waals surface area contributed by atoms with E-state index in [1.165, 1.54) is 17.5 Å². The van der Waals surface area contributed by atoms with E-state index in [0.29, 0.717) is 31.5 Å². The first-order chi connectivity index (χ1) is 24.7. The minimum Gasteiger partial charge on any atom is -0.490 e. The van der Waals surface area contributed by atoms with Crippen LogP contribution < -0.4 is 14.8 Å². The largest absolute Gasteiger partial charge is 0.490 e. The summed E-state index contributed by atoms with van der Waals surface area (Å²) in [4.78, 5) is 22.6. The molecule has 1 amide bonds. The SMILES string of the molecule is CC(C)(C)OC(=O)N1CC[C@H]1COc1cncc(-c2ccccc2CCCO)c1.OCCCc1ccccc1-c1cncc(OC[C@@H]2CCN2)c1. The van der Waals surface area contributed by atoms with Crippen LogP contribution in [0.25, 0.3) is 22.3 Å². The first-order valence-corrected chi connectivity index (χ1v) is 18.0. The second-order valence-electron chi connectivity index (χ2n) is 14.0. The van der Waals surface area contributed by atoms with Crippen molar-refractivity contribution in [2.45, 2.75) is 77.0 Å². The van der Waals surface area contributed by atoms with Crippen LogP contribution >= 0.6 is 0 Å². The van der Waals surface area contributed by atoms with Gasteiger partial charge in [0, 0.05) is 49.3 Å². The van der Waals surface area contributed by atoms with Gasteiger partial charge < -0.3 is 34.6 Å². The Morgan fingerprint density at radius 2 is 1.33 bits per heavy atom. The molecule has 51 heavy (non-hydrogen) atoms. The minimum atomic E-state index is -0.500. The van der Waals surface area contributed by atoms with Gasteiger partial charge in [-0.1, -0.05) is 48.5 Å². The normalized spacial score (nSPS) is 16.6. The summed E-state index contributed by atoms with van der Waals surface area (Å²) in [6, 6.07) is 20.9. The Labute approximate surface area is 301 Å². The highest BCUT2D eigenvalue weighted by molar-refractivity contribution is 5.70. The molecule has 2 saturated heterocycles. The fraction of sp³-hybridized carbons (Fsp3) is 0.439. The number of ether oxygens (including phenoxy) is 3. The number of nitrogens with zero attached hydrogens (tertiary/aromatic N) is 3. The summed E-state index contributed by atoms with van der Waals surface area (Å²) >= 11 is 0. The number of likely N-dealkylation sites (tertiary alicyclic amines) is 1. The predicted molar refractivity (Wildman–Crippen MR) is 199 cm³/mol. The van der Waals surface area contributed by atoms with Crippen LogP contribution in [0.3, 0.4) is 0 Å². The first kappa shape index (κ1) is 37.7. The smallest absolute Gasteiger partial charge is 0.410 e. The van der Waals surface area contributed by atoms with Crippen LogP contribution in [0.2, 0.25) is 0 Å². The second-order valence-corrected chi connectivity index (χ2v) is 14.0. The summed E-state index contributed by atoms with van der Waals surface area (Å²) < 4.78 is 17.2. The van der Waals surface area contributed by atoms with Crippen molar-refractivity contribution < 1.29 is 29.2 Å². The van der Waals surface area contributed by atoms with Gasteiger partial charge >= 0.3 is 6.09 Å². The highest BCUT2D eigenvalue weighted by atomic mass is 16.6. The zero-order valence-electron chi connectivity index (χ0n) is 30.1. The number of benzene rings is 2. The molecule has 0 radical (unpaired) electrons. The maximum Gasteiger partial charge on any atom is 0.410 e. The number of aromatic nitrogens is 2. The van der Waals surface area contributed by atoms with Gasteiger partial charge in [0.1, 0.15) is 30.3 Å². The molecule has 10 nitrogen and oxygen atoms in total. The van der Waals surface area contributed by atoms with Crippen molar-refractivity contribution in [3.8, 4) is 33.8 Å². The van der Waals surface area contributed by atoms with Gasteiger partial charge in [0.15, 0.2) is 0 Å². The zero-order chi connectivity index (χ0) is 36.1. The second kappa shape index (κ2) is 18.6. The molecule has 10 heteroatoms. The number of carbonyl (C=O) groups is 1. The number of aliphatic hydroxyl groups excluding tert-OH is 2. The molecule has 4 heterocycles. The summed E-state index contributed by atoms with van der Waals surface area (Å²) in [5, 5.41) is 21.5. The van der Waals surface area contributed by atoms with Crippen molar-refractivity contribution in [3.05, 3.63) is 96.6 Å². The van der Waals surface area contributed by atoms with Crippen LogP contribution in [0.15, 0.2) is 85.5 Å². The molecular weight excluding hydrogens is 644 g/mol. The number of aryl methyl sites for hydroxylation is 2. The summed E-state index contributed by atoms with van der Waals surface area (Å²) in [5.41, 5.74) is 6.21. The Bertz CT molecular complexity index is 1690. The molecule has 6 rings (SSSR count). The third-order valence-corrected chi connectivity index (χ3v) is 8.88. The highest BCUT2D eigenvalue weighted by Crippen LogP contribution is 2.29. The molecule has 2 aromatic carbocycles. The van der Waals surface area contributed by atoms with Crippen molar-refractivity contribution in [2.24, 2.45) is 0 Å². The number of hydrogen-bond donors (Lipinski definition) is 3. The molecule has 3 N–H and O–H groups in total. The van der Waals surface area contributed by atoms with E-state index < -0.39 is 5.60 Å². The zero-order valence-corrected chi connectivity index (χ0v) is 30.1. The maximum absolute atomic E-state index is 12.2. The van der Waals surface area contributed by atoms with E-state index in [-0.39, 0.29) is 25.3 Å². The van der Waals surface area contributed by atoms with Gasteiger partial charge in [-0.25, -0.2) is 4.79 Å². The third kappa shape index (κ3) is 11.2. The van der Waals surface area contributed by atoms with Gasteiger partial charge in [0.25, 0.3) is 0 Å². The number of nitrogens with one attached hydrogen (secondary N) is 1. The molecule has 2 aliphatic rings. The van der Waals surface area contributed by atoms with E-state index in [1.54, 1.807) is 17.3 Å². The maximum atomic E-state index is 12.2. The summed E-state index contributed by atoms with van der Waals surface area (Å²) in [7, 11) is 0. The number of rotatable bonds is 14. The lowest BCUT2D eigenvalue weighted by molar-refractivity contribution is -0.0141. The van der Waals surface area contributed by atoms with Gasteiger partial charge in [0.05, 0.1) is 18.4 Å². The quantitative estimate of drug-likeness (QED) is 0.136. The molecule has 4 aromatic rings.